The molecule has 1 saturated heterocycles. The van der Waals surface area contributed by atoms with Crippen LogP contribution >= 0.6 is 11.3 Å². The summed E-state index contributed by atoms with van der Waals surface area (Å²) in [7, 11) is 0. The first-order chi connectivity index (χ1) is 13.7. The van der Waals surface area contributed by atoms with Crippen LogP contribution in [-0.2, 0) is 9.57 Å². The van der Waals surface area contributed by atoms with Crippen LogP contribution in [0, 0.1) is 0 Å². The smallest absolute Gasteiger partial charge is 0.378 e. The third-order valence-corrected chi connectivity index (χ3v) is 5.27. The highest BCUT2D eigenvalue weighted by molar-refractivity contribution is 7.21. The van der Waals surface area contributed by atoms with E-state index in [1.54, 1.807) is 24.3 Å². The van der Waals surface area contributed by atoms with E-state index < -0.39 is 6.09 Å². The Balaban J connectivity index is 1.66. The van der Waals surface area contributed by atoms with Crippen LogP contribution in [-0.4, -0.2) is 53.8 Å². The average Bonchev–Trinajstić information content (AvgIpc) is 3.18. The number of aromatic nitrogens is 1. The summed E-state index contributed by atoms with van der Waals surface area (Å²) in [6, 6.07) is 16.3. The zero-order chi connectivity index (χ0) is 19.3. The van der Waals surface area contributed by atoms with Gasteiger partial charge in [-0.25, -0.2) is 9.78 Å². The van der Waals surface area contributed by atoms with Crippen LogP contribution in [0.3, 0.4) is 0 Å². The summed E-state index contributed by atoms with van der Waals surface area (Å²) in [6.45, 7) is 1.76. The zero-order valence-electron chi connectivity index (χ0n) is 14.9. The van der Waals surface area contributed by atoms with Gasteiger partial charge in [0, 0.05) is 18.7 Å². The molecule has 0 spiro atoms. The number of hydrogen-bond donors (Lipinski definition) is 0. The summed E-state index contributed by atoms with van der Waals surface area (Å²) >= 11 is 1.33. The molecule has 0 atom stereocenters. The number of para-hydroxylation sites is 1. The molecule has 0 radical (unpaired) electrons. The molecular formula is C20H17N3O4S. The molecule has 1 aromatic heterocycles. The van der Waals surface area contributed by atoms with Crippen molar-refractivity contribution < 1.29 is 19.2 Å². The molecule has 0 N–H and O–H groups in total. The molecule has 2 aromatic carbocycles. The van der Waals surface area contributed by atoms with Crippen LogP contribution < -0.4 is 0 Å². The maximum absolute atomic E-state index is 13.0. The lowest BCUT2D eigenvalue weighted by atomic mass is 10.1. The number of fused-ring (bicyclic) bond motifs is 1. The molecule has 4 rings (SSSR count). The molecule has 1 aliphatic heterocycles. The number of ketones is 1. The molecule has 8 heteroatoms. The van der Waals surface area contributed by atoms with Crippen molar-refractivity contribution in [2.45, 2.75) is 0 Å². The van der Waals surface area contributed by atoms with Gasteiger partial charge in [0.2, 0.25) is 5.78 Å². The highest BCUT2D eigenvalue weighted by Gasteiger charge is 2.24. The Bertz CT molecular complexity index is 993. The second-order valence-corrected chi connectivity index (χ2v) is 7.11. The fourth-order valence-corrected chi connectivity index (χ4v) is 3.71. The van der Waals surface area contributed by atoms with Crippen LogP contribution in [0.4, 0.5) is 4.79 Å². The number of oxime groups is 1. The first-order valence-corrected chi connectivity index (χ1v) is 9.61. The van der Waals surface area contributed by atoms with Gasteiger partial charge in [-0.1, -0.05) is 47.6 Å². The number of carbonyl (C=O) groups is 2. The van der Waals surface area contributed by atoms with E-state index in [1.807, 2.05) is 30.3 Å². The molecule has 3 aromatic rings. The molecule has 7 nitrogen and oxygen atoms in total. The maximum atomic E-state index is 13.0. The van der Waals surface area contributed by atoms with Crippen molar-refractivity contribution in [2.75, 3.05) is 26.3 Å². The summed E-state index contributed by atoms with van der Waals surface area (Å²) in [4.78, 5) is 36.4. The van der Waals surface area contributed by atoms with Gasteiger partial charge in [0.05, 0.1) is 23.4 Å². The van der Waals surface area contributed by atoms with E-state index in [0.29, 0.717) is 36.9 Å². The zero-order valence-corrected chi connectivity index (χ0v) is 15.7. The van der Waals surface area contributed by atoms with Crippen LogP contribution in [0.5, 0.6) is 0 Å². The number of rotatable bonds is 4. The number of Topliss-reactive ketones (excluding diaryl/α,β-unsaturated/α-hetero) is 1. The first kappa shape index (κ1) is 18.3. The molecule has 0 bridgehead atoms. The first-order valence-electron chi connectivity index (χ1n) is 8.80. The minimum Gasteiger partial charge on any atom is -0.378 e. The quantitative estimate of drug-likeness (QED) is 0.293. The fraction of sp³-hybridized carbons (Fsp3) is 0.200. The molecule has 28 heavy (non-hydrogen) atoms. The third kappa shape index (κ3) is 3.92. The lowest BCUT2D eigenvalue weighted by molar-refractivity contribution is 0.0279. The average molecular weight is 395 g/mol. The Morgan fingerprint density at radius 3 is 2.50 bits per heavy atom. The fourth-order valence-electron chi connectivity index (χ4n) is 2.77. The highest BCUT2D eigenvalue weighted by atomic mass is 32.1. The van der Waals surface area contributed by atoms with Crippen LogP contribution in [0.15, 0.2) is 59.8 Å². The van der Waals surface area contributed by atoms with E-state index in [2.05, 4.69) is 10.1 Å². The van der Waals surface area contributed by atoms with Gasteiger partial charge >= 0.3 is 6.09 Å². The predicted octanol–water partition coefficient (Wildman–Crippen LogP) is 3.35. The number of carbonyl (C=O) groups excluding carboxylic acids is 2. The van der Waals surface area contributed by atoms with E-state index >= 15 is 0 Å². The topological polar surface area (TPSA) is 81.1 Å². The van der Waals surface area contributed by atoms with Crippen LogP contribution in [0.25, 0.3) is 10.2 Å². The minimum atomic E-state index is -0.609. The van der Waals surface area contributed by atoms with Crippen molar-refractivity contribution in [1.29, 1.82) is 0 Å². The van der Waals surface area contributed by atoms with E-state index in [-0.39, 0.29) is 11.5 Å². The van der Waals surface area contributed by atoms with E-state index in [4.69, 9.17) is 9.57 Å². The van der Waals surface area contributed by atoms with Gasteiger partial charge in [-0.3, -0.25) is 9.63 Å². The summed E-state index contributed by atoms with van der Waals surface area (Å²) in [5.74, 6) is -0.352. The molecule has 0 unspecified atom stereocenters. The number of ether oxygens (including phenoxy) is 1. The molecule has 2 heterocycles. The maximum Gasteiger partial charge on any atom is 0.436 e. The molecular weight excluding hydrogens is 378 g/mol. The van der Waals surface area contributed by atoms with Crippen molar-refractivity contribution in [2.24, 2.45) is 5.16 Å². The summed E-state index contributed by atoms with van der Waals surface area (Å²) in [6.07, 6.45) is -0.609. The van der Waals surface area contributed by atoms with Gasteiger partial charge in [-0.2, -0.15) is 0 Å². The number of amides is 1. The molecule has 1 amide bonds. The monoisotopic (exact) mass is 395 g/mol. The summed E-state index contributed by atoms with van der Waals surface area (Å²) in [5.41, 5.74) is 1.22. The van der Waals surface area contributed by atoms with Gasteiger partial charge in [0.1, 0.15) is 0 Å². The number of hydrogen-bond acceptors (Lipinski definition) is 7. The standard InChI is InChI=1S/C20H17N3O4S/c24-18(14-6-2-1-3-7-14)17(19-21-15-8-4-5-9-16(15)28-19)22-27-20(25)23-10-12-26-13-11-23/h1-9H,10-13H2/b22-17+. The number of nitrogens with zero attached hydrogens (tertiary/aromatic N) is 3. The Kier molecular flexibility index (Phi) is 5.41. The SMILES string of the molecule is O=C(/C(=N\OC(=O)N1CCOCC1)c1nc2ccccc2s1)c1ccccc1. The second kappa shape index (κ2) is 8.28. The molecule has 1 aliphatic rings. The van der Waals surface area contributed by atoms with Gasteiger partial charge in [0.15, 0.2) is 10.7 Å². The van der Waals surface area contributed by atoms with Crippen molar-refractivity contribution >= 4 is 39.1 Å². The van der Waals surface area contributed by atoms with Gasteiger partial charge in [-0.05, 0) is 12.1 Å². The van der Waals surface area contributed by atoms with Crippen molar-refractivity contribution in [3.63, 3.8) is 0 Å². The largest absolute Gasteiger partial charge is 0.436 e. The van der Waals surface area contributed by atoms with Gasteiger partial charge < -0.3 is 9.64 Å². The Labute approximate surface area is 165 Å². The molecule has 1 fully saturated rings. The Morgan fingerprint density at radius 2 is 1.75 bits per heavy atom. The van der Waals surface area contributed by atoms with E-state index in [0.717, 1.165) is 10.2 Å². The molecule has 142 valence electrons. The van der Waals surface area contributed by atoms with Crippen molar-refractivity contribution in [1.82, 2.24) is 9.88 Å². The van der Waals surface area contributed by atoms with Crippen LogP contribution in [0.2, 0.25) is 0 Å². The number of thiazole rings is 1. The van der Waals surface area contributed by atoms with Gasteiger partial charge in [-0.15, -0.1) is 11.3 Å². The number of benzene rings is 2. The summed E-state index contributed by atoms with van der Waals surface area (Å²) < 4.78 is 6.15. The second-order valence-electron chi connectivity index (χ2n) is 6.08. The normalized spacial score (nSPS) is 14.9. The highest BCUT2D eigenvalue weighted by Crippen LogP contribution is 2.23. The van der Waals surface area contributed by atoms with Crippen molar-refractivity contribution in [3.05, 3.63) is 65.2 Å². The van der Waals surface area contributed by atoms with Crippen molar-refractivity contribution in [3.8, 4) is 0 Å². The molecule has 0 aliphatic carbocycles. The predicted molar refractivity (Wildman–Crippen MR) is 106 cm³/mol. The van der Waals surface area contributed by atoms with Gasteiger partial charge in [0.25, 0.3) is 0 Å². The summed E-state index contributed by atoms with van der Waals surface area (Å²) in [5, 5.41) is 4.33. The Morgan fingerprint density at radius 1 is 1.04 bits per heavy atom. The molecule has 0 saturated carbocycles. The van der Waals surface area contributed by atoms with E-state index in [1.165, 1.54) is 16.2 Å². The lowest BCUT2D eigenvalue weighted by Crippen LogP contribution is -2.40. The van der Waals surface area contributed by atoms with Crippen LogP contribution in [0.1, 0.15) is 15.4 Å². The third-order valence-electron chi connectivity index (χ3n) is 4.23. The number of morpholine rings is 1. The van der Waals surface area contributed by atoms with E-state index in [9.17, 15) is 9.59 Å². The minimum absolute atomic E-state index is 0.00834. The Hall–Kier alpha value is -3.10. The lowest BCUT2D eigenvalue weighted by Gasteiger charge is -2.24.